The van der Waals surface area contributed by atoms with Crippen LogP contribution in [0.2, 0.25) is 0 Å². The molecule has 0 bridgehead atoms. The van der Waals surface area contributed by atoms with Crippen LogP contribution in [0, 0.1) is 19.7 Å². The van der Waals surface area contributed by atoms with Crippen LogP contribution in [0.15, 0.2) is 72.3 Å². The van der Waals surface area contributed by atoms with Gasteiger partial charge < -0.3 is 14.2 Å². The summed E-state index contributed by atoms with van der Waals surface area (Å²) in [5.41, 5.74) is 1.94. The Labute approximate surface area is 228 Å². The number of hydrogen-bond donors (Lipinski definition) is 0. The van der Waals surface area contributed by atoms with E-state index in [1.807, 2.05) is 38.1 Å². The Bertz CT molecular complexity index is 1670. The molecule has 0 radical (unpaired) electrons. The molecule has 0 spiro atoms. The van der Waals surface area contributed by atoms with Crippen molar-refractivity contribution >= 4 is 16.6 Å². The highest BCUT2D eigenvalue weighted by atomic mass is 19.4. The van der Waals surface area contributed by atoms with E-state index in [1.165, 1.54) is 30.6 Å². The summed E-state index contributed by atoms with van der Waals surface area (Å²) in [6.45, 7) is 7.13. The maximum absolute atomic E-state index is 14.9. The molecule has 0 aliphatic carbocycles. The lowest BCUT2D eigenvalue weighted by Gasteiger charge is -2.20. The average molecular weight is 553 g/mol. The number of fused-ring (bicyclic) bond motifs is 1. The van der Waals surface area contributed by atoms with Gasteiger partial charge in [-0.2, -0.15) is 13.2 Å². The number of aromatic nitrogens is 3. The Hall–Kier alpha value is -4.47. The number of aryl methyl sites for hydroxylation is 2. The molecule has 0 unspecified atom stereocenters. The van der Waals surface area contributed by atoms with E-state index in [0.29, 0.717) is 27.9 Å². The van der Waals surface area contributed by atoms with Crippen molar-refractivity contribution in [3.8, 4) is 5.75 Å². The van der Waals surface area contributed by atoms with Crippen LogP contribution in [-0.4, -0.2) is 33.5 Å². The first-order chi connectivity index (χ1) is 18.9. The smallest absolute Gasteiger partial charge is 0.421 e. The lowest BCUT2D eigenvalue weighted by Crippen LogP contribution is -2.29. The second kappa shape index (κ2) is 11.3. The van der Waals surface area contributed by atoms with Gasteiger partial charge in [0.25, 0.3) is 5.56 Å². The fourth-order valence-electron chi connectivity index (χ4n) is 4.47. The number of ether oxygens (including phenoxy) is 1. The van der Waals surface area contributed by atoms with Gasteiger partial charge in [0, 0.05) is 60.5 Å². The summed E-state index contributed by atoms with van der Waals surface area (Å²) in [5.74, 6) is -0.327. The first-order valence-electron chi connectivity index (χ1n) is 12.3. The first kappa shape index (κ1) is 28.5. The normalized spacial score (nSPS) is 12.1. The standard InChI is InChI=1S/C30H28F4N4O2/c1-6-8-26(37(4)5)21-13-19(3)36-28-22(21)14-20(31)15-27(28)40-17-23-18(2)10-11-35-25(23)16-38-12-7-9-24(29(38)39)30(32,33)34/h6-15H,1,16-17H2,2-5H3/b26-8-. The molecule has 0 amide bonds. The third-order valence-corrected chi connectivity index (χ3v) is 6.40. The first-order valence-corrected chi connectivity index (χ1v) is 12.3. The highest BCUT2D eigenvalue weighted by molar-refractivity contribution is 5.95. The van der Waals surface area contributed by atoms with Crippen LogP contribution in [0.5, 0.6) is 5.75 Å². The number of benzene rings is 1. The molecule has 6 nitrogen and oxygen atoms in total. The van der Waals surface area contributed by atoms with Gasteiger partial charge in [0.1, 0.15) is 29.3 Å². The van der Waals surface area contributed by atoms with E-state index in [1.54, 1.807) is 19.1 Å². The van der Waals surface area contributed by atoms with Crippen molar-refractivity contribution in [1.82, 2.24) is 19.4 Å². The Morgan fingerprint density at radius 3 is 2.60 bits per heavy atom. The van der Waals surface area contributed by atoms with Crippen molar-refractivity contribution < 1.29 is 22.3 Å². The van der Waals surface area contributed by atoms with Gasteiger partial charge in [0.2, 0.25) is 0 Å². The molecule has 0 saturated heterocycles. The van der Waals surface area contributed by atoms with Crippen molar-refractivity contribution in [1.29, 1.82) is 0 Å². The van der Waals surface area contributed by atoms with Gasteiger partial charge in [-0.05, 0) is 55.8 Å². The molecule has 10 heteroatoms. The lowest BCUT2D eigenvalue weighted by atomic mass is 10.0. The molecule has 0 atom stereocenters. The molecule has 0 saturated carbocycles. The number of rotatable bonds is 8. The molecule has 4 aromatic rings. The van der Waals surface area contributed by atoms with Crippen LogP contribution in [-0.2, 0) is 19.3 Å². The summed E-state index contributed by atoms with van der Waals surface area (Å²) >= 11 is 0. The molecule has 3 aromatic heterocycles. The van der Waals surface area contributed by atoms with Gasteiger partial charge in [-0.15, -0.1) is 0 Å². The fraction of sp³-hybridized carbons (Fsp3) is 0.233. The fourth-order valence-corrected chi connectivity index (χ4v) is 4.47. The van der Waals surface area contributed by atoms with E-state index in [0.717, 1.165) is 27.5 Å². The summed E-state index contributed by atoms with van der Waals surface area (Å²) in [6, 6.07) is 8.14. The second-order valence-corrected chi connectivity index (χ2v) is 9.49. The minimum Gasteiger partial charge on any atom is -0.486 e. The van der Waals surface area contributed by atoms with Crippen molar-refractivity contribution in [2.75, 3.05) is 14.1 Å². The van der Waals surface area contributed by atoms with Gasteiger partial charge in [-0.3, -0.25) is 9.78 Å². The number of halogens is 4. The van der Waals surface area contributed by atoms with Crippen LogP contribution < -0.4 is 10.3 Å². The summed E-state index contributed by atoms with van der Waals surface area (Å²) in [4.78, 5) is 23.3. The topological polar surface area (TPSA) is 60.3 Å². The monoisotopic (exact) mass is 552 g/mol. The Morgan fingerprint density at radius 1 is 1.18 bits per heavy atom. The van der Waals surface area contributed by atoms with Crippen LogP contribution in [0.3, 0.4) is 0 Å². The molecule has 0 aliphatic rings. The maximum Gasteiger partial charge on any atom is 0.421 e. The second-order valence-electron chi connectivity index (χ2n) is 9.49. The molecule has 1 aromatic carbocycles. The number of hydrogen-bond acceptors (Lipinski definition) is 5. The predicted octanol–water partition coefficient (Wildman–Crippen LogP) is 6.28. The minimum atomic E-state index is -4.78. The van der Waals surface area contributed by atoms with E-state index in [4.69, 9.17) is 4.74 Å². The van der Waals surface area contributed by atoms with E-state index < -0.39 is 23.1 Å². The van der Waals surface area contributed by atoms with Gasteiger partial charge >= 0.3 is 6.18 Å². The highest BCUT2D eigenvalue weighted by Gasteiger charge is 2.34. The van der Waals surface area contributed by atoms with Crippen LogP contribution >= 0.6 is 0 Å². The van der Waals surface area contributed by atoms with Crippen molar-refractivity contribution in [2.24, 2.45) is 0 Å². The highest BCUT2D eigenvalue weighted by Crippen LogP contribution is 2.33. The zero-order valence-electron chi connectivity index (χ0n) is 22.5. The Balaban J connectivity index is 1.75. The predicted molar refractivity (Wildman–Crippen MR) is 146 cm³/mol. The summed E-state index contributed by atoms with van der Waals surface area (Å²) in [6.07, 6.45) is 1.48. The quantitative estimate of drug-likeness (QED) is 0.190. The number of nitrogens with zero attached hydrogens (tertiary/aromatic N) is 4. The zero-order chi connectivity index (χ0) is 29.2. The largest absolute Gasteiger partial charge is 0.486 e. The van der Waals surface area contributed by atoms with Crippen molar-refractivity contribution in [3.05, 3.63) is 117 Å². The van der Waals surface area contributed by atoms with E-state index >= 15 is 0 Å². The zero-order valence-corrected chi connectivity index (χ0v) is 22.5. The van der Waals surface area contributed by atoms with Crippen LogP contribution in [0.25, 0.3) is 16.6 Å². The van der Waals surface area contributed by atoms with Gasteiger partial charge in [-0.1, -0.05) is 12.7 Å². The SMILES string of the molecule is C=C/C=C(/c1cc(C)nc2c(OCc3c(C)ccnc3Cn3cccc(C(F)(F)F)c3=O)cc(F)cc12)N(C)C. The number of alkyl halides is 3. The number of allylic oxidation sites excluding steroid dienone is 2. The Kier molecular flexibility index (Phi) is 8.08. The molecular formula is C30H28F4N4O2. The molecule has 0 fully saturated rings. The maximum atomic E-state index is 14.9. The van der Waals surface area contributed by atoms with Crippen LogP contribution in [0.4, 0.5) is 17.6 Å². The number of pyridine rings is 3. The third kappa shape index (κ3) is 5.90. The molecular weight excluding hydrogens is 524 g/mol. The molecule has 40 heavy (non-hydrogen) atoms. The lowest BCUT2D eigenvalue weighted by molar-refractivity contribution is -0.138. The Morgan fingerprint density at radius 2 is 1.93 bits per heavy atom. The molecule has 3 heterocycles. The summed E-state index contributed by atoms with van der Waals surface area (Å²) < 4.78 is 61.8. The molecule has 208 valence electrons. The van der Waals surface area contributed by atoms with Gasteiger partial charge in [0.15, 0.2) is 0 Å². The van der Waals surface area contributed by atoms with E-state index in [2.05, 4.69) is 16.5 Å². The van der Waals surface area contributed by atoms with E-state index in [-0.39, 0.29) is 18.9 Å². The molecule has 0 aliphatic heterocycles. The van der Waals surface area contributed by atoms with Crippen LogP contribution in [0.1, 0.15) is 33.6 Å². The summed E-state index contributed by atoms with van der Waals surface area (Å²) in [5, 5.41) is 0.543. The van der Waals surface area contributed by atoms with Gasteiger partial charge in [0.05, 0.1) is 12.2 Å². The van der Waals surface area contributed by atoms with Crippen molar-refractivity contribution in [3.63, 3.8) is 0 Å². The summed E-state index contributed by atoms with van der Waals surface area (Å²) in [7, 11) is 3.74. The third-order valence-electron chi connectivity index (χ3n) is 6.40. The molecule has 4 rings (SSSR count). The van der Waals surface area contributed by atoms with E-state index in [9.17, 15) is 22.4 Å². The minimum absolute atomic E-state index is 0.0741. The van der Waals surface area contributed by atoms with Crippen molar-refractivity contribution in [2.45, 2.75) is 33.2 Å². The molecule has 0 N–H and O–H groups in total. The average Bonchev–Trinajstić information content (AvgIpc) is 2.87. The van der Waals surface area contributed by atoms with Gasteiger partial charge in [-0.25, -0.2) is 9.37 Å².